The lowest BCUT2D eigenvalue weighted by Crippen LogP contribution is -2.25. The quantitative estimate of drug-likeness (QED) is 0.529. The Hall–Kier alpha value is -2.96. The molecule has 0 heterocycles. The average molecular weight is 376 g/mol. The minimum atomic E-state index is -2.83. The Morgan fingerprint density at radius 2 is 1.89 bits per heavy atom. The molecule has 0 aliphatic heterocycles. The summed E-state index contributed by atoms with van der Waals surface area (Å²) in [5.74, 6) is 0.412. The highest BCUT2D eigenvalue weighted by atomic mass is 19.3. The predicted molar refractivity (Wildman–Crippen MR) is 99.3 cm³/mol. The van der Waals surface area contributed by atoms with Crippen LogP contribution in [0.25, 0.3) is 0 Å². The van der Waals surface area contributed by atoms with Gasteiger partial charge in [-0.05, 0) is 62.1 Å². The third-order valence-electron chi connectivity index (χ3n) is 3.65. The van der Waals surface area contributed by atoms with Crippen LogP contribution in [-0.4, -0.2) is 24.8 Å². The van der Waals surface area contributed by atoms with Crippen molar-refractivity contribution < 1.29 is 23.0 Å². The molecule has 1 N–H and O–H groups in total. The first-order valence-electron chi connectivity index (χ1n) is 8.47. The molecule has 1 amide bonds. The fraction of sp³-hybridized carbons (Fsp3) is 0.300. The molecule has 0 radical (unpaired) electrons. The highest BCUT2D eigenvalue weighted by Gasteiger charge is 2.05. The molecule has 0 atom stereocenters. The first-order chi connectivity index (χ1) is 12.9. The first kappa shape index (κ1) is 20.4. The number of hydrogen-bond acceptors (Lipinski definition) is 4. The zero-order valence-electron chi connectivity index (χ0n) is 15.2. The number of hydrogen-bond donors (Lipinski definition) is 1. The average Bonchev–Trinajstić information content (AvgIpc) is 2.64. The molecular formula is C20H22F2N2O3. The van der Waals surface area contributed by atoms with Crippen LogP contribution in [0.4, 0.5) is 8.78 Å². The highest BCUT2D eigenvalue weighted by Crippen LogP contribution is 2.16. The number of amides is 1. The van der Waals surface area contributed by atoms with Crippen molar-refractivity contribution >= 4 is 11.6 Å². The van der Waals surface area contributed by atoms with Crippen molar-refractivity contribution in [1.82, 2.24) is 5.43 Å². The molecule has 0 spiro atoms. The summed E-state index contributed by atoms with van der Waals surface area (Å²) in [7, 11) is 0. The summed E-state index contributed by atoms with van der Waals surface area (Å²) in [5, 5.41) is 4.04. The van der Waals surface area contributed by atoms with E-state index < -0.39 is 6.61 Å². The molecule has 0 saturated carbocycles. The Morgan fingerprint density at radius 1 is 1.15 bits per heavy atom. The van der Waals surface area contributed by atoms with E-state index in [1.165, 1.54) is 12.1 Å². The van der Waals surface area contributed by atoms with Gasteiger partial charge in [-0.1, -0.05) is 24.3 Å². The van der Waals surface area contributed by atoms with Crippen LogP contribution < -0.4 is 14.9 Å². The number of nitrogens with one attached hydrogen (secondary N) is 1. The minimum Gasteiger partial charge on any atom is -0.484 e. The summed E-state index contributed by atoms with van der Waals surface area (Å²) in [5.41, 5.74) is 5.21. The van der Waals surface area contributed by atoms with Crippen LogP contribution in [0.5, 0.6) is 11.5 Å². The molecule has 27 heavy (non-hydrogen) atoms. The maximum absolute atomic E-state index is 12.1. The van der Waals surface area contributed by atoms with E-state index >= 15 is 0 Å². The van der Waals surface area contributed by atoms with Crippen LogP contribution in [0.15, 0.2) is 53.6 Å². The molecule has 0 aliphatic rings. The Morgan fingerprint density at radius 3 is 2.56 bits per heavy atom. The van der Waals surface area contributed by atoms with Crippen molar-refractivity contribution in [3.05, 3.63) is 59.7 Å². The Balaban J connectivity index is 1.72. The number of hydrazone groups is 1. The van der Waals surface area contributed by atoms with Gasteiger partial charge in [0.1, 0.15) is 11.5 Å². The number of rotatable bonds is 9. The van der Waals surface area contributed by atoms with Gasteiger partial charge in [0.25, 0.3) is 5.91 Å². The Kier molecular flexibility index (Phi) is 7.73. The molecule has 0 aromatic heterocycles. The number of halogens is 2. The molecule has 5 nitrogen and oxygen atoms in total. The van der Waals surface area contributed by atoms with Gasteiger partial charge in [0.2, 0.25) is 0 Å². The Bertz CT molecular complexity index is 777. The third kappa shape index (κ3) is 7.85. The Labute approximate surface area is 157 Å². The van der Waals surface area contributed by atoms with E-state index in [4.69, 9.17) is 4.74 Å². The fourth-order valence-electron chi connectivity index (χ4n) is 2.26. The van der Waals surface area contributed by atoms with E-state index in [9.17, 15) is 13.6 Å². The summed E-state index contributed by atoms with van der Waals surface area (Å²) in [6.07, 6.45) is 1.29. The second kappa shape index (κ2) is 10.3. The van der Waals surface area contributed by atoms with Gasteiger partial charge in [0, 0.05) is 5.71 Å². The molecule has 0 saturated heterocycles. The molecule has 0 fully saturated rings. The van der Waals surface area contributed by atoms with Crippen LogP contribution in [0.3, 0.4) is 0 Å². The van der Waals surface area contributed by atoms with E-state index in [2.05, 4.69) is 15.3 Å². The van der Waals surface area contributed by atoms with Crippen LogP contribution in [0, 0.1) is 6.92 Å². The lowest BCUT2D eigenvalue weighted by molar-refractivity contribution is -0.123. The van der Waals surface area contributed by atoms with Gasteiger partial charge in [-0.25, -0.2) is 5.43 Å². The number of benzene rings is 2. The summed E-state index contributed by atoms with van der Waals surface area (Å²) in [4.78, 5) is 11.8. The van der Waals surface area contributed by atoms with Crippen LogP contribution in [-0.2, 0) is 11.2 Å². The number of aryl methyl sites for hydroxylation is 2. The standard InChI is InChI=1S/C20H22F2N2O3/c1-14-4-3-5-18(12-14)26-13-19(25)24-23-15(2)6-7-16-8-10-17(11-9-16)27-20(21)22/h3-5,8-12,20H,6-7,13H2,1-2H3,(H,24,25)/b23-15-. The zero-order chi connectivity index (χ0) is 19.6. The largest absolute Gasteiger partial charge is 0.484 e. The van der Waals surface area contributed by atoms with E-state index in [1.54, 1.807) is 25.1 Å². The SMILES string of the molecule is C/C(CCc1ccc(OC(F)F)cc1)=N/NC(=O)COc1cccc(C)c1. The molecule has 0 unspecified atom stereocenters. The molecule has 2 aromatic carbocycles. The second-order valence-electron chi connectivity index (χ2n) is 6.01. The molecular weight excluding hydrogens is 354 g/mol. The van der Waals surface area contributed by atoms with Crippen molar-refractivity contribution in [2.75, 3.05) is 6.61 Å². The van der Waals surface area contributed by atoms with Crippen molar-refractivity contribution in [3.63, 3.8) is 0 Å². The van der Waals surface area contributed by atoms with E-state index in [-0.39, 0.29) is 18.3 Å². The van der Waals surface area contributed by atoms with E-state index in [0.717, 1.165) is 16.8 Å². The number of carbonyl (C=O) groups excluding carboxylic acids is 1. The van der Waals surface area contributed by atoms with Crippen molar-refractivity contribution in [1.29, 1.82) is 0 Å². The molecule has 0 bridgehead atoms. The van der Waals surface area contributed by atoms with Crippen molar-refractivity contribution in [2.45, 2.75) is 33.3 Å². The van der Waals surface area contributed by atoms with Gasteiger partial charge < -0.3 is 9.47 Å². The minimum absolute atomic E-state index is 0.119. The molecule has 0 aliphatic carbocycles. The van der Waals surface area contributed by atoms with Crippen molar-refractivity contribution in [2.24, 2.45) is 5.10 Å². The van der Waals surface area contributed by atoms with E-state index in [1.807, 2.05) is 25.1 Å². The smallest absolute Gasteiger partial charge is 0.387 e. The van der Waals surface area contributed by atoms with E-state index in [0.29, 0.717) is 18.6 Å². The van der Waals surface area contributed by atoms with Gasteiger partial charge in [-0.15, -0.1) is 0 Å². The summed E-state index contributed by atoms with van der Waals surface area (Å²) in [6, 6.07) is 13.9. The third-order valence-corrected chi connectivity index (χ3v) is 3.65. The molecule has 2 aromatic rings. The molecule has 144 valence electrons. The van der Waals surface area contributed by atoms with Crippen molar-refractivity contribution in [3.8, 4) is 11.5 Å². The van der Waals surface area contributed by atoms with Crippen LogP contribution in [0.1, 0.15) is 24.5 Å². The summed E-state index contributed by atoms with van der Waals surface area (Å²) >= 11 is 0. The summed E-state index contributed by atoms with van der Waals surface area (Å²) in [6.45, 7) is 0.797. The monoisotopic (exact) mass is 376 g/mol. The topological polar surface area (TPSA) is 59.9 Å². The lowest BCUT2D eigenvalue weighted by atomic mass is 10.1. The number of alkyl halides is 2. The number of nitrogens with zero attached hydrogens (tertiary/aromatic N) is 1. The molecule has 2 rings (SSSR count). The molecule has 7 heteroatoms. The van der Waals surface area contributed by atoms with Gasteiger partial charge >= 0.3 is 6.61 Å². The van der Waals surface area contributed by atoms with Crippen LogP contribution in [0.2, 0.25) is 0 Å². The second-order valence-corrected chi connectivity index (χ2v) is 6.01. The van der Waals surface area contributed by atoms with Gasteiger partial charge in [-0.3, -0.25) is 4.79 Å². The van der Waals surface area contributed by atoms with Gasteiger partial charge in [0.15, 0.2) is 6.61 Å². The normalized spacial score (nSPS) is 11.4. The first-order valence-corrected chi connectivity index (χ1v) is 8.47. The zero-order valence-corrected chi connectivity index (χ0v) is 15.2. The number of carbonyl (C=O) groups is 1. The van der Waals surface area contributed by atoms with Crippen LogP contribution >= 0.6 is 0 Å². The maximum atomic E-state index is 12.1. The summed E-state index contributed by atoms with van der Waals surface area (Å²) < 4.78 is 33.9. The maximum Gasteiger partial charge on any atom is 0.387 e. The lowest BCUT2D eigenvalue weighted by Gasteiger charge is -2.07. The van der Waals surface area contributed by atoms with Gasteiger partial charge in [0.05, 0.1) is 0 Å². The highest BCUT2D eigenvalue weighted by molar-refractivity contribution is 5.84. The van der Waals surface area contributed by atoms with Gasteiger partial charge in [-0.2, -0.15) is 13.9 Å². The number of ether oxygens (including phenoxy) is 2. The predicted octanol–water partition coefficient (Wildman–Crippen LogP) is 4.10. The fourth-order valence-corrected chi connectivity index (χ4v) is 2.26.